The lowest BCUT2D eigenvalue weighted by Crippen LogP contribution is -2.11. The van der Waals surface area contributed by atoms with Crippen LogP contribution in [0.5, 0.6) is 5.75 Å². The Balaban J connectivity index is 2.58. The Bertz CT molecular complexity index is 454. The topological polar surface area (TPSA) is 29.5 Å². The molecule has 0 aliphatic rings. The minimum absolute atomic E-state index is 0.104. The van der Waals surface area contributed by atoms with Gasteiger partial charge in [-0.3, -0.25) is 0 Å². The van der Waals surface area contributed by atoms with Gasteiger partial charge in [-0.05, 0) is 43.0 Å². The molecule has 110 valence electrons. The number of ether oxygens (including phenoxy) is 1. The molecule has 0 radical (unpaired) electrons. The third-order valence-electron chi connectivity index (χ3n) is 3.53. The van der Waals surface area contributed by atoms with Crippen molar-refractivity contribution in [1.29, 1.82) is 0 Å². The molecular weight excluding hydrogens is 248 g/mol. The normalized spacial score (nSPS) is 11.6. The van der Waals surface area contributed by atoms with Gasteiger partial charge in [0, 0.05) is 5.56 Å². The van der Waals surface area contributed by atoms with Gasteiger partial charge in [-0.2, -0.15) is 0 Å². The lowest BCUT2D eigenvalue weighted by Gasteiger charge is -2.16. The molecule has 0 spiro atoms. The number of unbranched alkanes of at least 4 members (excludes halogenated alkanes) is 1. The van der Waals surface area contributed by atoms with Crippen molar-refractivity contribution in [3.8, 4) is 17.6 Å². The number of rotatable bonds is 7. The summed E-state index contributed by atoms with van der Waals surface area (Å²) in [6.07, 6.45) is 4.93. The SMILES string of the molecule is CCCCC(CC)COc1ccc(C#CCO)c(C)c1. The molecule has 0 aliphatic heterocycles. The van der Waals surface area contributed by atoms with Crippen LogP contribution in [0, 0.1) is 24.7 Å². The summed E-state index contributed by atoms with van der Waals surface area (Å²) in [4.78, 5) is 0. The zero-order valence-electron chi connectivity index (χ0n) is 12.9. The van der Waals surface area contributed by atoms with E-state index in [0.717, 1.165) is 23.5 Å². The van der Waals surface area contributed by atoms with Crippen LogP contribution in [0.3, 0.4) is 0 Å². The second kappa shape index (κ2) is 9.44. The lowest BCUT2D eigenvalue weighted by atomic mass is 10.0. The Labute approximate surface area is 123 Å². The smallest absolute Gasteiger partial charge is 0.119 e. The summed E-state index contributed by atoms with van der Waals surface area (Å²) in [5.41, 5.74) is 2.04. The number of hydrogen-bond acceptors (Lipinski definition) is 2. The van der Waals surface area contributed by atoms with E-state index in [9.17, 15) is 0 Å². The van der Waals surface area contributed by atoms with Crippen molar-refractivity contribution >= 4 is 0 Å². The van der Waals surface area contributed by atoms with E-state index in [0.29, 0.717) is 5.92 Å². The Morgan fingerprint density at radius 1 is 1.30 bits per heavy atom. The molecule has 1 unspecified atom stereocenters. The number of aliphatic hydroxyl groups is 1. The molecule has 0 fully saturated rings. The van der Waals surface area contributed by atoms with E-state index in [1.165, 1.54) is 25.7 Å². The average molecular weight is 274 g/mol. The predicted octanol–water partition coefficient (Wildman–Crippen LogP) is 3.93. The monoisotopic (exact) mass is 274 g/mol. The minimum atomic E-state index is -0.104. The summed E-state index contributed by atoms with van der Waals surface area (Å²) >= 11 is 0. The molecule has 0 heterocycles. The molecule has 1 aromatic rings. The summed E-state index contributed by atoms with van der Waals surface area (Å²) in [5.74, 6) is 7.16. The highest BCUT2D eigenvalue weighted by Gasteiger charge is 2.07. The van der Waals surface area contributed by atoms with E-state index in [4.69, 9.17) is 9.84 Å². The molecule has 0 bridgehead atoms. The van der Waals surface area contributed by atoms with Crippen LogP contribution in [0.1, 0.15) is 50.7 Å². The van der Waals surface area contributed by atoms with Crippen LogP contribution in [0.25, 0.3) is 0 Å². The Morgan fingerprint density at radius 2 is 2.10 bits per heavy atom. The largest absolute Gasteiger partial charge is 0.493 e. The first-order chi connectivity index (χ1) is 9.71. The highest BCUT2D eigenvalue weighted by Crippen LogP contribution is 2.19. The van der Waals surface area contributed by atoms with Gasteiger partial charge in [-0.15, -0.1) is 0 Å². The first kappa shape index (κ1) is 16.6. The van der Waals surface area contributed by atoms with Crippen LogP contribution in [0.2, 0.25) is 0 Å². The zero-order chi connectivity index (χ0) is 14.8. The van der Waals surface area contributed by atoms with Crippen molar-refractivity contribution in [3.05, 3.63) is 29.3 Å². The molecule has 1 aromatic carbocycles. The Kier molecular flexibility index (Phi) is 7.84. The molecule has 1 N–H and O–H groups in total. The van der Waals surface area contributed by atoms with Crippen molar-refractivity contribution in [2.45, 2.75) is 46.5 Å². The molecule has 0 amide bonds. The summed E-state index contributed by atoms with van der Waals surface area (Å²) in [7, 11) is 0. The van der Waals surface area contributed by atoms with Gasteiger partial charge in [0.05, 0.1) is 6.61 Å². The van der Waals surface area contributed by atoms with E-state index in [2.05, 4.69) is 25.7 Å². The highest BCUT2D eigenvalue weighted by atomic mass is 16.5. The van der Waals surface area contributed by atoms with Gasteiger partial charge < -0.3 is 9.84 Å². The van der Waals surface area contributed by atoms with Crippen LogP contribution in [0.15, 0.2) is 18.2 Å². The first-order valence-corrected chi connectivity index (χ1v) is 7.54. The standard InChI is InChI=1S/C18H26O2/c1-4-6-8-16(5-2)14-20-18-11-10-17(9-7-12-19)15(3)13-18/h10-11,13,16,19H,4-6,8,12,14H2,1-3H3. The highest BCUT2D eigenvalue weighted by molar-refractivity contribution is 5.44. The molecule has 0 saturated heterocycles. The van der Waals surface area contributed by atoms with Gasteiger partial charge >= 0.3 is 0 Å². The number of aliphatic hydroxyl groups excluding tert-OH is 1. The van der Waals surface area contributed by atoms with E-state index >= 15 is 0 Å². The number of benzene rings is 1. The van der Waals surface area contributed by atoms with Crippen LogP contribution in [-0.4, -0.2) is 18.3 Å². The number of aryl methyl sites for hydroxylation is 1. The van der Waals surface area contributed by atoms with E-state index in [-0.39, 0.29) is 6.61 Å². The van der Waals surface area contributed by atoms with Crippen LogP contribution in [-0.2, 0) is 0 Å². The molecule has 20 heavy (non-hydrogen) atoms. The van der Waals surface area contributed by atoms with E-state index in [1.54, 1.807) is 0 Å². The zero-order valence-corrected chi connectivity index (χ0v) is 12.9. The van der Waals surface area contributed by atoms with Gasteiger partial charge in [0.25, 0.3) is 0 Å². The van der Waals surface area contributed by atoms with E-state index < -0.39 is 0 Å². The van der Waals surface area contributed by atoms with Crippen molar-refractivity contribution in [3.63, 3.8) is 0 Å². The fraction of sp³-hybridized carbons (Fsp3) is 0.556. The second-order valence-electron chi connectivity index (χ2n) is 5.16. The maximum absolute atomic E-state index is 8.72. The fourth-order valence-electron chi connectivity index (χ4n) is 2.11. The quantitative estimate of drug-likeness (QED) is 0.763. The fourth-order valence-corrected chi connectivity index (χ4v) is 2.11. The molecule has 0 aromatic heterocycles. The van der Waals surface area contributed by atoms with Crippen LogP contribution < -0.4 is 4.74 Å². The summed E-state index contributed by atoms with van der Waals surface area (Å²) in [6.45, 7) is 7.15. The van der Waals surface area contributed by atoms with Crippen LogP contribution in [0.4, 0.5) is 0 Å². The van der Waals surface area contributed by atoms with Gasteiger partial charge in [-0.1, -0.05) is 45.0 Å². The molecule has 0 aliphatic carbocycles. The third-order valence-corrected chi connectivity index (χ3v) is 3.53. The molecule has 0 saturated carbocycles. The summed E-state index contributed by atoms with van der Waals surface area (Å²) in [5, 5.41) is 8.72. The molecule has 2 nitrogen and oxygen atoms in total. The van der Waals surface area contributed by atoms with Crippen molar-refractivity contribution in [2.24, 2.45) is 5.92 Å². The van der Waals surface area contributed by atoms with Crippen molar-refractivity contribution in [2.75, 3.05) is 13.2 Å². The summed E-state index contributed by atoms with van der Waals surface area (Å²) in [6, 6.07) is 5.94. The minimum Gasteiger partial charge on any atom is -0.493 e. The second-order valence-corrected chi connectivity index (χ2v) is 5.16. The van der Waals surface area contributed by atoms with Gasteiger partial charge in [-0.25, -0.2) is 0 Å². The molecular formula is C18H26O2. The average Bonchev–Trinajstić information content (AvgIpc) is 2.46. The summed E-state index contributed by atoms with van der Waals surface area (Å²) < 4.78 is 5.90. The number of hydrogen-bond donors (Lipinski definition) is 1. The Hall–Kier alpha value is -1.46. The predicted molar refractivity (Wildman–Crippen MR) is 83.9 cm³/mol. The van der Waals surface area contributed by atoms with Crippen molar-refractivity contribution < 1.29 is 9.84 Å². The third kappa shape index (κ3) is 5.67. The maximum atomic E-state index is 8.72. The first-order valence-electron chi connectivity index (χ1n) is 7.54. The molecule has 2 heteroatoms. The van der Waals surface area contributed by atoms with Gasteiger partial charge in [0.2, 0.25) is 0 Å². The molecule has 1 atom stereocenters. The van der Waals surface area contributed by atoms with E-state index in [1.807, 2.05) is 25.1 Å². The Morgan fingerprint density at radius 3 is 2.70 bits per heavy atom. The van der Waals surface area contributed by atoms with Crippen molar-refractivity contribution in [1.82, 2.24) is 0 Å². The molecule has 1 rings (SSSR count). The van der Waals surface area contributed by atoms with Gasteiger partial charge in [0.1, 0.15) is 12.4 Å². The van der Waals surface area contributed by atoms with Gasteiger partial charge in [0.15, 0.2) is 0 Å². The lowest BCUT2D eigenvalue weighted by molar-refractivity contribution is 0.233. The van der Waals surface area contributed by atoms with Crippen LogP contribution >= 0.6 is 0 Å². The maximum Gasteiger partial charge on any atom is 0.119 e.